The van der Waals surface area contributed by atoms with Gasteiger partial charge in [-0.2, -0.15) is 13.2 Å². The average Bonchev–Trinajstić information content (AvgIpc) is 2.64. The van der Waals surface area contributed by atoms with E-state index in [0.717, 1.165) is 39.3 Å². The van der Waals surface area contributed by atoms with Crippen LogP contribution in [0.3, 0.4) is 0 Å². The summed E-state index contributed by atoms with van der Waals surface area (Å²) in [7, 11) is 0. The van der Waals surface area contributed by atoms with Crippen LogP contribution in [0.1, 0.15) is 28.9 Å². The van der Waals surface area contributed by atoms with Crippen molar-refractivity contribution in [2.24, 2.45) is 0 Å². The molecular weight excluding hydrogens is 369 g/mol. The Hall–Kier alpha value is -2.40. The second-order valence-corrected chi connectivity index (χ2v) is 7.80. The molecule has 0 amide bonds. The number of halogens is 3. The zero-order chi connectivity index (χ0) is 19.6. The fourth-order valence-corrected chi connectivity index (χ4v) is 3.86. The van der Waals surface area contributed by atoms with Gasteiger partial charge in [-0.3, -0.25) is 5.11 Å². The van der Waals surface area contributed by atoms with E-state index in [2.05, 4.69) is 6.92 Å². The summed E-state index contributed by atoms with van der Waals surface area (Å²) in [5.74, 6) is 0.0351. The van der Waals surface area contributed by atoms with Crippen molar-refractivity contribution in [3.05, 3.63) is 83.4 Å². The third-order valence-corrected chi connectivity index (χ3v) is 5.54. The Morgan fingerprint density at radius 3 is 1.93 bits per heavy atom. The monoisotopic (exact) mass is 387 g/mol. The Morgan fingerprint density at radius 2 is 1.41 bits per heavy atom. The van der Waals surface area contributed by atoms with E-state index in [1.54, 1.807) is 24.8 Å². The number of rotatable bonds is 4. The van der Waals surface area contributed by atoms with E-state index in [1.165, 1.54) is 12.1 Å². The maximum atomic E-state index is 12.7. The summed E-state index contributed by atoms with van der Waals surface area (Å²) in [6.07, 6.45) is -4.32. The van der Waals surface area contributed by atoms with Crippen LogP contribution in [0.4, 0.5) is 13.2 Å². The fraction of sp³-hybridized carbons (Fsp3) is 0.182. The van der Waals surface area contributed by atoms with Crippen molar-refractivity contribution < 1.29 is 18.3 Å². The van der Waals surface area contributed by atoms with Crippen LogP contribution in [-0.2, 0) is 11.3 Å². The minimum atomic E-state index is -4.32. The number of aryl methyl sites for hydroxylation is 1. The van der Waals surface area contributed by atoms with Gasteiger partial charge in [-0.15, -0.1) is 11.8 Å². The van der Waals surface area contributed by atoms with Crippen molar-refractivity contribution in [1.82, 2.24) is 0 Å². The van der Waals surface area contributed by atoms with Gasteiger partial charge in [0.2, 0.25) is 0 Å². The molecule has 1 atom stereocenters. The molecule has 0 N–H and O–H groups in total. The number of alkyl halides is 3. The molecule has 3 aromatic rings. The summed E-state index contributed by atoms with van der Waals surface area (Å²) >= 11 is 1.66. The Morgan fingerprint density at radius 1 is 0.852 bits per heavy atom. The summed E-state index contributed by atoms with van der Waals surface area (Å²) in [6.45, 7) is 3.88. The van der Waals surface area contributed by atoms with E-state index in [9.17, 15) is 18.3 Å². The third kappa shape index (κ3) is 4.66. The normalized spacial score (nSPS) is 12.8. The maximum absolute atomic E-state index is 12.7. The third-order valence-electron chi connectivity index (χ3n) is 4.38. The van der Waals surface area contributed by atoms with Crippen LogP contribution in [0.2, 0.25) is 0 Å². The van der Waals surface area contributed by atoms with Gasteiger partial charge < -0.3 is 0 Å². The molecule has 5 heteroatoms. The number of benzene rings is 3. The van der Waals surface area contributed by atoms with Crippen molar-refractivity contribution in [2.75, 3.05) is 0 Å². The summed E-state index contributed by atoms with van der Waals surface area (Å²) in [5, 5.41) is 11.7. The second-order valence-electron chi connectivity index (χ2n) is 6.38. The molecule has 0 fully saturated rings. The molecule has 139 valence electrons. The molecule has 27 heavy (non-hydrogen) atoms. The first-order valence-electron chi connectivity index (χ1n) is 8.46. The Balaban J connectivity index is 1.73. The summed E-state index contributed by atoms with van der Waals surface area (Å²) in [6, 6.07) is 18.3. The fourth-order valence-electron chi connectivity index (χ4n) is 2.77. The van der Waals surface area contributed by atoms with Gasteiger partial charge in [-0.1, -0.05) is 36.4 Å². The zero-order valence-corrected chi connectivity index (χ0v) is 15.7. The summed E-state index contributed by atoms with van der Waals surface area (Å²) in [5.41, 5.74) is 2.81. The van der Waals surface area contributed by atoms with Crippen molar-refractivity contribution in [1.29, 1.82) is 0 Å². The molecular formula is C22H18F3OS. The lowest BCUT2D eigenvalue weighted by Crippen LogP contribution is -2.03. The second kappa shape index (κ2) is 7.69. The topological polar surface area (TPSA) is 19.9 Å². The van der Waals surface area contributed by atoms with Gasteiger partial charge in [-0.25, -0.2) is 0 Å². The van der Waals surface area contributed by atoms with Gasteiger partial charge in [0.25, 0.3) is 0 Å². The molecule has 1 unspecified atom stereocenters. The SMILES string of the molecule is Cc1cc(SC(C)c2ccc(-c3ccc(C(F)(F)F)cc3)cc2)ccc1[O]. The number of thioether (sulfide) groups is 1. The van der Waals surface area contributed by atoms with Crippen LogP contribution in [0, 0.1) is 6.92 Å². The minimum absolute atomic E-state index is 0.0351. The maximum Gasteiger partial charge on any atom is 0.416 e. The van der Waals surface area contributed by atoms with E-state index in [0.29, 0.717) is 0 Å². The number of hydrogen-bond acceptors (Lipinski definition) is 1. The van der Waals surface area contributed by atoms with Crippen LogP contribution >= 0.6 is 11.8 Å². The highest BCUT2D eigenvalue weighted by atomic mass is 32.2. The molecule has 0 saturated carbocycles. The van der Waals surface area contributed by atoms with Gasteiger partial charge in [-0.05, 0) is 66.4 Å². The summed E-state index contributed by atoms with van der Waals surface area (Å²) < 4.78 is 38.0. The van der Waals surface area contributed by atoms with Gasteiger partial charge in [0.1, 0.15) is 0 Å². The van der Waals surface area contributed by atoms with Crippen molar-refractivity contribution in [3.63, 3.8) is 0 Å². The molecule has 0 aliphatic carbocycles. The Kier molecular flexibility index (Phi) is 5.51. The van der Waals surface area contributed by atoms with Crippen LogP contribution in [-0.4, -0.2) is 0 Å². The first-order valence-corrected chi connectivity index (χ1v) is 9.34. The van der Waals surface area contributed by atoms with E-state index in [4.69, 9.17) is 0 Å². The van der Waals surface area contributed by atoms with E-state index in [-0.39, 0.29) is 11.0 Å². The lowest BCUT2D eigenvalue weighted by Gasteiger charge is -2.13. The van der Waals surface area contributed by atoms with Crippen molar-refractivity contribution in [3.8, 4) is 16.9 Å². The smallest absolute Gasteiger partial charge is 0.290 e. The predicted molar refractivity (Wildman–Crippen MR) is 102 cm³/mol. The van der Waals surface area contributed by atoms with Crippen molar-refractivity contribution >= 4 is 11.8 Å². The highest BCUT2D eigenvalue weighted by molar-refractivity contribution is 7.99. The standard InChI is InChI=1S/C22H18F3OS/c1-14-13-20(11-12-21(14)26)27-15(2)16-3-5-17(6-4-16)18-7-9-19(10-8-18)22(23,24)25/h3-13,15H,1-2H3. The zero-order valence-electron chi connectivity index (χ0n) is 14.9. The molecule has 1 nitrogen and oxygen atoms in total. The summed E-state index contributed by atoms with van der Waals surface area (Å²) in [4.78, 5) is 1.03. The van der Waals surface area contributed by atoms with Gasteiger partial charge in [0.15, 0.2) is 5.75 Å². The van der Waals surface area contributed by atoms with E-state index < -0.39 is 11.7 Å². The van der Waals surface area contributed by atoms with Crippen molar-refractivity contribution in [2.45, 2.75) is 30.2 Å². The molecule has 0 aliphatic rings. The molecule has 3 aromatic carbocycles. The molecule has 0 saturated heterocycles. The van der Waals surface area contributed by atoms with Gasteiger partial charge >= 0.3 is 6.18 Å². The van der Waals surface area contributed by atoms with Crippen LogP contribution in [0.5, 0.6) is 5.75 Å². The van der Waals surface area contributed by atoms with E-state index in [1.807, 2.05) is 36.4 Å². The van der Waals surface area contributed by atoms with Gasteiger partial charge in [0.05, 0.1) is 5.56 Å². The lowest BCUT2D eigenvalue weighted by molar-refractivity contribution is -0.137. The largest absolute Gasteiger partial charge is 0.416 e. The molecule has 0 aliphatic heterocycles. The molecule has 1 radical (unpaired) electrons. The average molecular weight is 387 g/mol. The molecule has 0 spiro atoms. The quantitative estimate of drug-likeness (QED) is 0.420. The highest BCUT2D eigenvalue weighted by Gasteiger charge is 2.29. The molecule has 0 aromatic heterocycles. The number of hydrogen-bond donors (Lipinski definition) is 0. The molecule has 3 rings (SSSR count). The highest BCUT2D eigenvalue weighted by Crippen LogP contribution is 2.37. The first-order chi connectivity index (χ1) is 12.7. The molecule has 0 bridgehead atoms. The lowest BCUT2D eigenvalue weighted by atomic mass is 10.0. The Bertz CT molecular complexity index is 916. The van der Waals surface area contributed by atoms with E-state index >= 15 is 0 Å². The molecule has 0 heterocycles. The first kappa shape index (κ1) is 19.4. The van der Waals surface area contributed by atoms with Crippen LogP contribution < -0.4 is 0 Å². The Labute approximate surface area is 160 Å². The van der Waals surface area contributed by atoms with Gasteiger partial charge in [0, 0.05) is 10.1 Å². The van der Waals surface area contributed by atoms with Crippen LogP contribution in [0.15, 0.2) is 71.6 Å². The predicted octanol–water partition coefficient (Wildman–Crippen LogP) is 7.68. The van der Waals surface area contributed by atoms with Crippen LogP contribution in [0.25, 0.3) is 11.1 Å². The minimum Gasteiger partial charge on any atom is -0.290 e.